The Labute approximate surface area is 159 Å². The maximum absolute atomic E-state index is 12.0. The van der Waals surface area contributed by atoms with Crippen molar-refractivity contribution in [2.24, 2.45) is 5.10 Å². The first-order valence-electron chi connectivity index (χ1n) is 7.26. The first-order chi connectivity index (χ1) is 12.5. The molecule has 2 rings (SSSR count). The number of hydrogen-bond acceptors (Lipinski definition) is 5. The lowest BCUT2D eigenvalue weighted by Crippen LogP contribution is -2.32. The highest BCUT2D eigenvalue weighted by Crippen LogP contribution is 2.28. The van der Waals surface area contributed by atoms with E-state index in [1.54, 1.807) is 36.4 Å². The molecule has 0 heterocycles. The van der Waals surface area contributed by atoms with Crippen LogP contribution in [0.15, 0.2) is 41.5 Å². The third-order valence-corrected chi connectivity index (χ3v) is 3.88. The van der Waals surface area contributed by atoms with Crippen molar-refractivity contribution < 1.29 is 19.1 Å². The summed E-state index contributed by atoms with van der Waals surface area (Å²) in [5.74, 6) is -1.000. The summed E-state index contributed by atoms with van der Waals surface area (Å²) in [5.41, 5.74) is 2.84. The second-order valence-electron chi connectivity index (χ2n) is 4.85. The Kier molecular flexibility index (Phi) is 6.82. The Bertz CT molecular complexity index is 836. The van der Waals surface area contributed by atoms with Gasteiger partial charge in [0.15, 0.2) is 0 Å². The smallest absolute Gasteiger partial charge is 0.329 e. The molecular formula is C17H15Cl2N3O4. The first-order valence-corrected chi connectivity index (χ1v) is 8.02. The van der Waals surface area contributed by atoms with E-state index in [0.717, 1.165) is 0 Å². The number of amides is 2. The second kappa shape index (κ2) is 9.07. The summed E-state index contributed by atoms with van der Waals surface area (Å²) >= 11 is 12.0. The van der Waals surface area contributed by atoms with Crippen molar-refractivity contribution in [2.75, 3.05) is 19.5 Å². The van der Waals surface area contributed by atoms with Crippen molar-refractivity contribution >= 4 is 46.9 Å². The largest absolute Gasteiger partial charge is 0.497 e. The number of hydrazone groups is 1. The molecular weight excluding hydrogens is 381 g/mol. The van der Waals surface area contributed by atoms with E-state index in [2.05, 4.69) is 15.8 Å². The third kappa shape index (κ3) is 4.87. The van der Waals surface area contributed by atoms with Gasteiger partial charge in [-0.15, -0.1) is 0 Å². The number of carbonyl (C=O) groups excluding carboxylic acids is 2. The monoisotopic (exact) mass is 395 g/mol. The number of anilines is 1. The zero-order valence-electron chi connectivity index (χ0n) is 13.9. The molecule has 0 aliphatic rings. The average molecular weight is 396 g/mol. The van der Waals surface area contributed by atoms with Gasteiger partial charge < -0.3 is 14.8 Å². The van der Waals surface area contributed by atoms with Crippen molar-refractivity contribution in [3.05, 3.63) is 52.0 Å². The summed E-state index contributed by atoms with van der Waals surface area (Å²) in [7, 11) is 2.94. The molecule has 0 aliphatic heterocycles. The molecule has 7 nitrogen and oxygen atoms in total. The van der Waals surface area contributed by atoms with Crippen LogP contribution >= 0.6 is 23.2 Å². The molecule has 9 heteroatoms. The fourth-order valence-corrected chi connectivity index (χ4v) is 2.42. The molecule has 0 bridgehead atoms. The molecule has 26 heavy (non-hydrogen) atoms. The van der Waals surface area contributed by atoms with E-state index >= 15 is 0 Å². The van der Waals surface area contributed by atoms with Gasteiger partial charge in [0.2, 0.25) is 0 Å². The van der Waals surface area contributed by atoms with Gasteiger partial charge >= 0.3 is 11.8 Å². The highest BCUT2D eigenvalue weighted by molar-refractivity contribution is 6.40. The van der Waals surface area contributed by atoms with E-state index in [-0.39, 0.29) is 0 Å². The van der Waals surface area contributed by atoms with Gasteiger partial charge in [-0.1, -0.05) is 29.3 Å². The van der Waals surface area contributed by atoms with Crippen molar-refractivity contribution in [2.45, 2.75) is 0 Å². The number of nitrogens with zero attached hydrogens (tertiary/aromatic N) is 1. The highest BCUT2D eigenvalue weighted by Gasteiger charge is 2.16. The summed E-state index contributed by atoms with van der Waals surface area (Å²) < 4.78 is 10.2. The van der Waals surface area contributed by atoms with Crippen molar-refractivity contribution in [3.8, 4) is 11.5 Å². The lowest BCUT2D eigenvalue weighted by atomic mass is 10.2. The molecule has 0 radical (unpaired) electrons. The van der Waals surface area contributed by atoms with Gasteiger partial charge in [0.05, 0.1) is 36.2 Å². The minimum Gasteiger partial charge on any atom is -0.497 e. The van der Waals surface area contributed by atoms with E-state index in [1.807, 2.05) is 0 Å². The number of ether oxygens (including phenoxy) is 2. The van der Waals surface area contributed by atoms with Gasteiger partial charge in [0.25, 0.3) is 0 Å². The van der Waals surface area contributed by atoms with Gasteiger partial charge in [0.1, 0.15) is 11.5 Å². The summed E-state index contributed by atoms with van der Waals surface area (Å²) in [6.07, 6.45) is 1.25. The fourth-order valence-electron chi connectivity index (χ4n) is 1.92. The molecule has 0 fully saturated rings. The molecule has 2 aromatic carbocycles. The zero-order chi connectivity index (χ0) is 19.1. The van der Waals surface area contributed by atoms with E-state index < -0.39 is 11.8 Å². The molecule has 0 spiro atoms. The quantitative estimate of drug-likeness (QED) is 0.462. The van der Waals surface area contributed by atoms with Crippen LogP contribution in [0.1, 0.15) is 5.56 Å². The SMILES string of the molecule is COc1ccc(NC(=O)C(=O)N/N=C/c2c(Cl)cccc2Cl)c(OC)c1. The van der Waals surface area contributed by atoms with Crippen LogP contribution in [0.2, 0.25) is 10.0 Å². The Morgan fingerprint density at radius 2 is 1.73 bits per heavy atom. The summed E-state index contributed by atoms with van der Waals surface area (Å²) in [5, 5.41) is 6.84. The van der Waals surface area contributed by atoms with Gasteiger partial charge in [0, 0.05) is 11.6 Å². The van der Waals surface area contributed by atoms with Crippen LogP contribution in [0.4, 0.5) is 5.69 Å². The van der Waals surface area contributed by atoms with E-state index in [1.165, 1.54) is 20.4 Å². The number of rotatable bonds is 5. The summed E-state index contributed by atoms with van der Waals surface area (Å²) in [4.78, 5) is 23.8. The summed E-state index contributed by atoms with van der Waals surface area (Å²) in [6, 6.07) is 9.67. The van der Waals surface area contributed by atoms with Crippen LogP contribution in [0.25, 0.3) is 0 Å². The maximum atomic E-state index is 12.0. The lowest BCUT2D eigenvalue weighted by molar-refractivity contribution is -0.136. The molecule has 0 saturated heterocycles. The zero-order valence-corrected chi connectivity index (χ0v) is 15.4. The Morgan fingerprint density at radius 1 is 1.04 bits per heavy atom. The van der Waals surface area contributed by atoms with Crippen LogP contribution in [0.3, 0.4) is 0 Å². The molecule has 0 saturated carbocycles. The van der Waals surface area contributed by atoms with Crippen LogP contribution in [-0.2, 0) is 9.59 Å². The van der Waals surface area contributed by atoms with Crippen LogP contribution in [-0.4, -0.2) is 32.2 Å². The molecule has 0 aliphatic carbocycles. The normalized spacial score (nSPS) is 10.5. The van der Waals surface area contributed by atoms with Crippen LogP contribution in [0.5, 0.6) is 11.5 Å². The van der Waals surface area contributed by atoms with Crippen molar-refractivity contribution in [1.82, 2.24) is 5.43 Å². The Hall–Kier alpha value is -2.77. The lowest BCUT2D eigenvalue weighted by Gasteiger charge is -2.10. The van der Waals surface area contributed by atoms with Gasteiger partial charge in [-0.2, -0.15) is 5.10 Å². The number of hydrogen-bond donors (Lipinski definition) is 2. The van der Waals surface area contributed by atoms with Crippen molar-refractivity contribution in [1.29, 1.82) is 0 Å². The fraction of sp³-hybridized carbons (Fsp3) is 0.118. The molecule has 0 atom stereocenters. The minimum absolute atomic E-state index is 0.312. The topological polar surface area (TPSA) is 89.0 Å². The Balaban J connectivity index is 2.02. The molecule has 0 unspecified atom stereocenters. The molecule has 2 aromatic rings. The first kappa shape index (κ1) is 19.6. The predicted molar refractivity (Wildman–Crippen MR) is 100 cm³/mol. The Morgan fingerprint density at radius 3 is 2.35 bits per heavy atom. The number of carbonyl (C=O) groups is 2. The van der Waals surface area contributed by atoms with Crippen LogP contribution in [0, 0.1) is 0 Å². The van der Waals surface area contributed by atoms with E-state index in [9.17, 15) is 9.59 Å². The molecule has 2 amide bonds. The minimum atomic E-state index is -0.970. The number of methoxy groups -OCH3 is 2. The number of benzene rings is 2. The average Bonchev–Trinajstić information content (AvgIpc) is 2.64. The van der Waals surface area contributed by atoms with Gasteiger partial charge in [-0.3, -0.25) is 9.59 Å². The highest BCUT2D eigenvalue weighted by atomic mass is 35.5. The number of halogens is 2. The standard InChI is InChI=1S/C17H15Cl2N3O4/c1-25-10-6-7-14(15(8-10)26-2)21-16(23)17(24)22-20-9-11-12(18)4-3-5-13(11)19/h3-9H,1-2H3,(H,21,23)(H,22,24)/b20-9+. The third-order valence-electron chi connectivity index (χ3n) is 3.22. The van der Waals surface area contributed by atoms with Gasteiger partial charge in [-0.05, 0) is 24.3 Å². The molecule has 0 aromatic heterocycles. The molecule has 2 N–H and O–H groups in total. The van der Waals surface area contributed by atoms with Crippen molar-refractivity contribution in [3.63, 3.8) is 0 Å². The van der Waals surface area contributed by atoms with E-state index in [0.29, 0.717) is 32.8 Å². The predicted octanol–water partition coefficient (Wildman–Crippen LogP) is 3.10. The van der Waals surface area contributed by atoms with E-state index in [4.69, 9.17) is 32.7 Å². The molecule has 136 valence electrons. The van der Waals surface area contributed by atoms with Gasteiger partial charge in [-0.25, -0.2) is 5.43 Å². The second-order valence-corrected chi connectivity index (χ2v) is 5.67. The summed E-state index contributed by atoms with van der Waals surface area (Å²) in [6.45, 7) is 0. The maximum Gasteiger partial charge on any atom is 0.329 e. The van der Waals surface area contributed by atoms with Crippen LogP contribution < -0.4 is 20.2 Å². The number of nitrogens with one attached hydrogen (secondary N) is 2.